The van der Waals surface area contributed by atoms with Crippen molar-refractivity contribution in [1.82, 2.24) is 0 Å². The average molecular weight is 615 g/mol. The normalized spacial score (nSPS) is 11.3. The van der Waals surface area contributed by atoms with E-state index in [1.807, 2.05) is 6.92 Å². The molecule has 0 amide bonds. The summed E-state index contributed by atoms with van der Waals surface area (Å²) in [5.41, 5.74) is 2.39. The zero-order chi connectivity index (χ0) is 31.1. The third-order valence-electron chi connectivity index (χ3n) is 5.93. The molecule has 0 spiro atoms. The lowest BCUT2D eigenvalue weighted by atomic mass is 10.0. The van der Waals surface area contributed by atoms with Gasteiger partial charge in [-0.15, -0.1) is 0 Å². The standard InChI is InChI=1S/2C14H13NO5S/c1-11-6-8-13(9-7-11)21(18,19)20-10-12-4-2-3-5-14(12)15(16)17;1-10-6-7-14(21(18,19)20)12(8-10)9-11-4-2-3-5-13(11)15(16)17/h2-9H,10H2,1H3;2-8H,9H2,1H3,(H,18,19,20). The maximum atomic E-state index is 12.0. The maximum absolute atomic E-state index is 12.0. The van der Waals surface area contributed by atoms with E-state index >= 15 is 0 Å². The van der Waals surface area contributed by atoms with Gasteiger partial charge in [0, 0.05) is 24.1 Å². The number of hydrogen-bond acceptors (Lipinski definition) is 9. The Morgan fingerprint density at radius 3 is 1.74 bits per heavy atom. The van der Waals surface area contributed by atoms with Gasteiger partial charge in [0.15, 0.2) is 0 Å². The number of nitrogens with zero attached hydrogens (tertiary/aromatic N) is 2. The van der Waals surface area contributed by atoms with Crippen LogP contribution in [0.5, 0.6) is 0 Å². The average Bonchev–Trinajstić information content (AvgIpc) is 2.92. The van der Waals surface area contributed by atoms with Gasteiger partial charge >= 0.3 is 0 Å². The number of rotatable bonds is 9. The Morgan fingerprint density at radius 2 is 1.19 bits per heavy atom. The molecule has 0 aliphatic rings. The summed E-state index contributed by atoms with van der Waals surface area (Å²) in [6, 6.07) is 22.6. The maximum Gasteiger partial charge on any atom is 0.297 e. The van der Waals surface area contributed by atoms with E-state index in [1.165, 1.54) is 42.5 Å². The van der Waals surface area contributed by atoms with E-state index in [4.69, 9.17) is 4.18 Å². The Morgan fingerprint density at radius 1 is 0.690 bits per heavy atom. The number of nitro groups is 2. The van der Waals surface area contributed by atoms with E-state index < -0.39 is 30.1 Å². The molecule has 0 unspecified atom stereocenters. The Labute approximate surface area is 242 Å². The van der Waals surface area contributed by atoms with Gasteiger partial charge in [0.1, 0.15) is 0 Å². The molecule has 0 fully saturated rings. The first-order valence-corrected chi connectivity index (χ1v) is 15.0. The fraction of sp³-hybridized carbons (Fsp3) is 0.143. The van der Waals surface area contributed by atoms with Crippen molar-refractivity contribution >= 4 is 31.6 Å². The summed E-state index contributed by atoms with van der Waals surface area (Å²) in [4.78, 5) is 20.6. The number of nitro benzene ring substituents is 2. The van der Waals surface area contributed by atoms with Crippen LogP contribution in [0, 0.1) is 34.1 Å². The fourth-order valence-corrected chi connectivity index (χ4v) is 5.46. The highest BCUT2D eigenvalue weighted by Crippen LogP contribution is 2.26. The summed E-state index contributed by atoms with van der Waals surface area (Å²) >= 11 is 0. The summed E-state index contributed by atoms with van der Waals surface area (Å²) in [6.07, 6.45) is 0.0496. The van der Waals surface area contributed by atoms with Crippen LogP contribution in [0.15, 0.2) is 101 Å². The van der Waals surface area contributed by atoms with Crippen molar-refractivity contribution in [3.8, 4) is 0 Å². The SMILES string of the molecule is Cc1ccc(S(=O)(=O)O)c(Cc2ccccc2[N+](=O)[O-])c1.Cc1ccc(S(=O)(=O)OCc2ccccc2[N+](=O)[O-])cc1. The molecule has 14 heteroatoms. The Kier molecular flexibility index (Phi) is 10.2. The van der Waals surface area contributed by atoms with E-state index in [9.17, 15) is 41.6 Å². The Balaban J connectivity index is 0.000000230. The quantitative estimate of drug-likeness (QED) is 0.108. The Hall–Kier alpha value is -4.50. The molecule has 0 bridgehead atoms. The molecule has 1 N–H and O–H groups in total. The van der Waals surface area contributed by atoms with E-state index in [2.05, 4.69) is 0 Å². The van der Waals surface area contributed by atoms with Gasteiger partial charge in [-0.05, 0) is 43.7 Å². The molecule has 220 valence electrons. The molecular weight excluding hydrogens is 588 g/mol. The number of hydrogen-bond donors (Lipinski definition) is 1. The molecular formula is C28H26N2O10S2. The third kappa shape index (κ3) is 8.50. The van der Waals surface area contributed by atoms with Gasteiger partial charge in [0.2, 0.25) is 0 Å². The minimum Gasteiger partial charge on any atom is -0.282 e. The van der Waals surface area contributed by atoms with Crippen LogP contribution in [0.1, 0.15) is 27.8 Å². The van der Waals surface area contributed by atoms with Crippen molar-refractivity contribution in [2.24, 2.45) is 0 Å². The van der Waals surface area contributed by atoms with Crippen LogP contribution in [0.25, 0.3) is 0 Å². The number of aryl methyl sites for hydroxylation is 2. The summed E-state index contributed by atoms with van der Waals surface area (Å²) in [6.45, 7) is 3.23. The highest BCUT2D eigenvalue weighted by Gasteiger charge is 2.20. The van der Waals surface area contributed by atoms with Crippen LogP contribution in [-0.4, -0.2) is 31.2 Å². The zero-order valence-corrected chi connectivity index (χ0v) is 24.0. The molecule has 0 aliphatic heterocycles. The minimum absolute atomic E-state index is 0.0201. The van der Waals surface area contributed by atoms with E-state index in [1.54, 1.807) is 55.5 Å². The second kappa shape index (κ2) is 13.4. The van der Waals surface area contributed by atoms with Crippen LogP contribution in [0.3, 0.4) is 0 Å². The largest absolute Gasteiger partial charge is 0.297 e. The van der Waals surface area contributed by atoms with E-state index in [-0.39, 0.29) is 39.8 Å². The van der Waals surface area contributed by atoms with Gasteiger partial charge in [0.25, 0.3) is 31.6 Å². The van der Waals surface area contributed by atoms with Crippen molar-refractivity contribution in [3.05, 3.63) is 139 Å². The van der Waals surface area contributed by atoms with Crippen LogP contribution in [0.2, 0.25) is 0 Å². The molecule has 0 aromatic heterocycles. The van der Waals surface area contributed by atoms with Crippen molar-refractivity contribution in [3.63, 3.8) is 0 Å². The lowest BCUT2D eigenvalue weighted by Crippen LogP contribution is -2.07. The molecule has 0 radical (unpaired) electrons. The monoisotopic (exact) mass is 614 g/mol. The Bertz CT molecular complexity index is 1820. The highest BCUT2D eigenvalue weighted by atomic mass is 32.2. The molecule has 12 nitrogen and oxygen atoms in total. The van der Waals surface area contributed by atoms with E-state index in [0.29, 0.717) is 11.1 Å². The van der Waals surface area contributed by atoms with Crippen molar-refractivity contribution in [2.75, 3.05) is 0 Å². The van der Waals surface area contributed by atoms with Crippen LogP contribution in [0.4, 0.5) is 11.4 Å². The third-order valence-corrected chi connectivity index (χ3v) is 8.16. The van der Waals surface area contributed by atoms with Gasteiger partial charge in [0.05, 0.1) is 31.8 Å². The topological polar surface area (TPSA) is 184 Å². The molecule has 0 atom stereocenters. The zero-order valence-electron chi connectivity index (χ0n) is 22.4. The molecule has 0 saturated carbocycles. The minimum atomic E-state index is -4.37. The summed E-state index contributed by atoms with van der Waals surface area (Å²) in [5.74, 6) is 0. The predicted octanol–water partition coefficient (Wildman–Crippen LogP) is 5.55. The molecule has 0 aliphatic carbocycles. The second-order valence-corrected chi connectivity index (χ2v) is 12.1. The smallest absolute Gasteiger partial charge is 0.282 e. The molecule has 42 heavy (non-hydrogen) atoms. The first kappa shape index (κ1) is 32.0. The fourth-order valence-electron chi connectivity index (χ4n) is 3.87. The van der Waals surface area contributed by atoms with Gasteiger partial charge in [-0.2, -0.15) is 16.8 Å². The lowest BCUT2D eigenvalue weighted by molar-refractivity contribution is -0.385. The number of para-hydroxylation sites is 2. The summed E-state index contributed by atoms with van der Waals surface area (Å²) in [5, 5.41) is 21.9. The van der Waals surface area contributed by atoms with Gasteiger partial charge in [-0.3, -0.25) is 29.0 Å². The van der Waals surface area contributed by atoms with Crippen molar-refractivity contribution in [1.29, 1.82) is 0 Å². The molecule has 0 heterocycles. The summed E-state index contributed by atoms with van der Waals surface area (Å²) < 4.78 is 61.0. The lowest BCUT2D eigenvalue weighted by Gasteiger charge is -2.09. The molecule has 4 aromatic rings. The number of benzene rings is 4. The molecule has 4 rings (SSSR count). The van der Waals surface area contributed by atoms with Crippen LogP contribution < -0.4 is 0 Å². The predicted molar refractivity (Wildman–Crippen MR) is 153 cm³/mol. The molecule has 0 saturated heterocycles. The highest BCUT2D eigenvalue weighted by molar-refractivity contribution is 7.86. The van der Waals surface area contributed by atoms with Crippen molar-refractivity contribution in [2.45, 2.75) is 36.7 Å². The van der Waals surface area contributed by atoms with Gasteiger partial charge < -0.3 is 0 Å². The van der Waals surface area contributed by atoms with Crippen molar-refractivity contribution < 1.29 is 35.4 Å². The first-order valence-electron chi connectivity index (χ1n) is 12.2. The first-order chi connectivity index (χ1) is 19.7. The summed E-state index contributed by atoms with van der Waals surface area (Å²) in [7, 11) is -8.31. The van der Waals surface area contributed by atoms with Crippen LogP contribution >= 0.6 is 0 Å². The molecule has 4 aromatic carbocycles. The van der Waals surface area contributed by atoms with Gasteiger partial charge in [-0.1, -0.05) is 65.7 Å². The van der Waals surface area contributed by atoms with Crippen LogP contribution in [-0.2, 0) is 37.4 Å². The van der Waals surface area contributed by atoms with Gasteiger partial charge in [-0.25, -0.2) is 0 Å². The second-order valence-electron chi connectivity index (χ2n) is 9.06. The van der Waals surface area contributed by atoms with E-state index in [0.717, 1.165) is 11.1 Å².